The van der Waals surface area contributed by atoms with Crippen LogP contribution in [0, 0.1) is 6.92 Å². The summed E-state index contributed by atoms with van der Waals surface area (Å²) in [7, 11) is 0. The Morgan fingerprint density at radius 1 is 1.22 bits per heavy atom. The maximum absolute atomic E-state index is 9.14. The third-order valence-electron chi connectivity index (χ3n) is 2.69. The lowest BCUT2D eigenvalue weighted by Gasteiger charge is -2.20. The minimum atomic E-state index is 0.178. The van der Waals surface area contributed by atoms with Crippen molar-refractivity contribution in [3.63, 3.8) is 0 Å². The van der Waals surface area contributed by atoms with Gasteiger partial charge in [-0.2, -0.15) is 0 Å². The van der Waals surface area contributed by atoms with Crippen LogP contribution in [0.25, 0.3) is 0 Å². The number of aliphatic hydroxyl groups is 1. The largest absolute Gasteiger partial charge is 0.395 e. The second kappa shape index (κ2) is 6.64. The number of thiazole rings is 1. The first-order valence-corrected chi connectivity index (χ1v) is 6.94. The fourth-order valence-corrected chi connectivity index (χ4v) is 2.68. The molecule has 96 valence electrons. The summed E-state index contributed by atoms with van der Waals surface area (Å²) in [5.74, 6) is 0. The van der Waals surface area contributed by atoms with Gasteiger partial charge in [-0.25, -0.2) is 4.98 Å². The van der Waals surface area contributed by atoms with Gasteiger partial charge in [0, 0.05) is 24.2 Å². The van der Waals surface area contributed by atoms with Crippen LogP contribution in [-0.4, -0.2) is 28.1 Å². The topological polar surface area (TPSA) is 36.4 Å². The summed E-state index contributed by atoms with van der Waals surface area (Å²) in [6, 6.07) is 10.3. The summed E-state index contributed by atoms with van der Waals surface area (Å²) < 4.78 is 0. The summed E-state index contributed by atoms with van der Waals surface area (Å²) in [5, 5.41) is 12.3. The molecule has 0 aliphatic rings. The van der Waals surface area contributed by atoms with Crippen molar-refractivity contribution in [2.45, 2.75) is 20.0 Å². The Morgan fingerprint density at radius 3 is 2.61 bits per heavy atom. The molecule has 0 spiro atoms. The molecule has 0 aliphatic carbocycles. The third kappa shape index (κ3) is 3.91. The first kappa shape index (κ1) is 13.2. The van der Waals surface area contributed by atoms with Crippen molar-refractivity contribution >= 4 is 11.3 Å². The van der Waals surface area contributed by atoms with Gasteiger partial charge in [-0.1, -0.05) is 30.3 Å². The molecule has 2 aromatic rings. The van der Waals surface area contributed by atoms with Crippen molar-refractivity contribution in [1.82, 2.24) is 9.88 Å². The average Bonchev–Trinajstić information content (AvgIpc) is 2.76. The molecule has 0 aliphatic heterocycles. The Hall–Kier alpha value is -1.23. The monoisotopic (exact) mass is 262 g/mol. The lowest BCUT2D eigenvalue weighted by atomic mass is 10.2. The van der Waals surface area contributed by atoms with E-state index >= 15 is 0 Å². The Kier molecular flexibility index (Phi) is 4.87. The van der Waals surface area contributed by atoms with Crippen LogP contribution in [-0.2, 0) is 13.1 Å². The zero-order valence-electron chi connectivity index (χ0n) is 10.5. The van der Waals surface area contributed by atoms with E-state index in [2.05, 4.69) is 27.4 Å². The molecule has 0 fully saturated rings. The second-order valence-electron chi connectivity index (χ2n) is 4.30. The number of hydrogen-bond acceptors (Lipinski definition) is 4. The predicted octanol–water partition coefficient (Wildman–Crippen LogP) is 2.45. The highest BCUT2D eigenvalue weighted by Crippen LogP contribution is 2.13. The number of aliphatic hydroxyl groups excluding tert-OH is 1. The van der Waals surface area contributed by atoms with Crippen LogP contribution in [0.1, 0.15) is 16.3 Å². The molecular weight excluding hydrogens is 244 g/mol. The predicted molar refractivity (Wildman–Crippen MR) is 74.5 cm³/mol. The minimum absolute atomic E-state index is 0.178. The Balaban J connectivity index is 1.99. The molecule has 1 aromatic heterocycles. The van der Waals surface area contributed by atoms with Crippen molar-refractivity contribution in [1.29, 1.82) is 0 Å². The molecule has 0 unspecified atom stereocenters. The van der Waals surface area contributed by atoms with E-state index in [1.54, 1.807) is 11.3 Å². The molecule has 4 heteroatoms. The first-order chi connectivity index (χ1) is 8.78. The van der Waals surface area contributed by atoms with Crippen molar-refractivity contribution in [2.24, 2.45) is 0 Å². The van der Waals surface area contributed by atoms with E-state index in [1.807, 2.05) is 25.1 Å². The molecule has 1 aromatic carbocycles. The van der Waals surface area contributed by atoms with Crippen LogP contribution in [0.2, 0.25) is 0 Å². The molecule has 0 bridgehead atoms. The van der Waals surface area contributed by atoms with E-state index in [0.717, 1.165) is 23.8 Å². The number of aromatic nitrogens is 1. The van der Waals surface area contributed by atoms with Gasteiger partial charge in [-0.05, 0) is 12.5 Å². The molecule has 18 heavy (non-hydrogen) atoms. The van der Waals surface area contributed by atoms with Crippen LogP contribution < -0.4 is 0 Å². The highest BCUT2D eigenvalue weighted by Gasteiger charge is 2.08. The molecule has 0 amide bonds. The van der Waals surface area contributed by atoms with Gasteiger partial charge in [0.25, 0.3) is 0 Å². The minimum Gasteiger partial charge on any atom is -0.395 e. The smallest absolute Gasteiger partial charge is 0.107 e. The van der Waals surface area contributed by atoms with Crippen molar-refractivity contribution < 1.29 is 5.11 Å². The first-order valence-electron chi connectivity index (χ1n) is 6.06. The van der Waals surface area contributed by atoms with E-state index in [-0.39, 0.29) is 6.61 Å². The molecule has 0 radical (unpaired) electrons. The van der Waals surface area contributed by atoms with Crippen LogP contribution >= 0.6 is 11.3 Å². The molecule has 2 rings (SSSR count). The van der Waals surface area contributed by atoms with Crippen molar-refractivity contribution in [3.8, 4) is 0 Å². The van der Waals surface area contributed by atoms with Gasteiger partial charge in [0.2, 0.25) is 0 Å². The summed E-state index contributed by atoms with van der Waals surface area (Å²) in [4.78, 5) is 6.69. The van der Waals surface area contributed by atoms with E-state index in [1.165, 1.54) is 5.56 Å². The average molecular weight is 262 g/mol. The SMILES string of the molecule is Cc1csc(CN(CCO)Cc2ccccc2)n1. The second-order valence-corrected chi connectivity index (χ2v) is 5.25. The van der Waals surface area contributed by atoms with E-state index in [0.29, 0.717) is 6.54 Å². The zero-order chi connectivity index (χ0) is 12.8. The van der Waals surface area contributed by atoms with Crippen molar-refractivity contribution in [2.75, 3.05) is 13.2 Å². The van der Waals surface area contributed by atoms with Gasteiger partial charge in [-0.3, -0.25) is 4.90 Å². The summed E-state index contributed by atoms with van der Waals surface area (Å²) >= 11 is 1.68. The van der Waals surface area contributed by atoms with Gasteiger partial charge in [-0.15, -0.1) is 11.3 Å². The van der Waals surface area contributed by atoms with E-state index in [4.69, 9.17) is 5.11 Å². The molecule has 1 heterocycles. The molecule has 0 saturated heterocycles. The van der Waals surface area contributed by atoms with Crippen LogP contribution in [0.4, 0.5) is 0 Å². The van der Waals surface area contributed by atoms with Gasteiger partial charge >= 0.3 is 0 Å². The maximum atomic E-state index is 9.14. The van der Waals surface area contributed by atoms with Crippen LogP contribution in [0.5, 0.6) is 0 Å². The lowest BCUT2D eigenvalue weighted by Crippen LogP contribution is -2.26. The van der Waals surface area contributed by atoms with E-state index in [9.17, 15) is 0 Å². The number of benzene rings is 1. The quantitative estimate of drug-likeness (QED) is 0.868. The highest BCUT2D eigenvalue weighted by molar-refractivity contribution is 7.09. The van der Waals surface area contributed by atoms with Gasteiger partial charge in [0.1, 0.15) is 5.01 Å². The van der Waals surface area contributed by atoms with E-state index < -0.39 is 0 Å². The number of rotatable bonds is 6. The molecule has 1 N–H and O–H groups in total. The third-order valence-corrected chi connectivity index (χ3v) is 3.64. The number of nitrogens with zero attached hydrogens (tertiary/aromatic N) is 2. The molecule has 0 atom stereocenters. The summed E-state index contributed by atoms with van der Waals surface area (Å²) in [6.07, 6.45) is 0. The normalized spacial score (nSPS) is 11.1. The number of aryl methyl sites for hydroxylation is 1. The van der Waals surface area contributed by atoms with Gasteiger partial charge in [0.05, 0.1) is 13.2 Å². The Bertz CT molecular complexity index is 470. The maximum Gasteiger partial charge on any atom is 0.107 e. The number of hydrogen-bond donors (Lipinski definition) is 1. The molecule has 0 saturated carbocycles. The standard InChI is InChI=1S/C14H18N2OS/c1-12-11-18-14(15-12)10-16(7-8-17)9-13-5-3-2-4-6-13/h2-6,11,17H,7-10H2,1H3. The Labute approximate surface area is 112 Å². The van der Waals surface area contributed by atoms with Crippen LogP contribution in [0.15, 0.2) is 35.7 Å². The highest BCUT2D eigenvalue weighted by atomic mass is 32.1. The fourth-order valence-electron chi connectivity index (χ4n) is 1.86. The van der Waals surface area contributed by atoms with Crippen molar-refractivity contribution in [3.05, 3.63) is 52.0 Å². The fraction of sp³-hybridized carbons (Fsp3) is 0.357. The van der Waals surface area contributed by atoms with Gasteiger partial charge in [0.15, 0.2) is 0 Å². The zero-order valence-corrected chi connectivity index (χ0v) is 11.4. The van der Waals surface area contributed by atoms with Gasteiger partial charge < -0.3 is 5.11 Å². The molecule has 3 nitrogen and oxygen atoms in total. The Morgan fingerprint density at radius 2 is 2.00 bits per heavy atom. The molecular formula is C14H18N2OS. The lowest BCUT2D eigenvalue weighted by molar-refractivity contribution is 0.184. The van der Waals surface area contributed by atoms with Crippen LogP contribution in [0.3, 0.4) is 0 Å². The summed E-state index contributed by atoms with van der Waals surface area (Å²) in [6.45, 7) is 4.51. The summed E-state index contributed by atoms with van der Waals surface area (Å²) in [5.41, 5.74) is 2.33.